The minimum atomic E-state index is 0.0528. The van der Waals surface area contributed by atoms with E-state index in [0.29, 0.717) is 17.1 Å². The molecule has 0 heterocycles. The van der Waals surface area contributed by atoms with Crippen molar-refractivity contribution in [3.05, 3.63) is 11.6 Å². The molecular weight excluding hydrogens is 276 g/mol. The maximum absolute atomic E-state index is 11.7. The third kappa shape index (κ3) is 1.43. The van der Waals surface area contributed by atoms with Gasteiger partial charge in [-0.15, -0.1) is 0 Å². The summed E-state index contributed by atoms with van der Waals surface area (Å²) >= 11 is 0. The van der Waals surface area contributed by atoms with Gasteiger partial charge in [0, 0.05) is 11.8 Å². The SMILES string of the molecule is CC12CCC3C4CCC(=O)C=C4CC[C@H]3C13CC3CC2OO. The van der Waals surface area contributed by atoms with Gasteiger partial charge < -0.3 is 0 Å². The number of rotatable bonds is 1. The van der Waals surface area contributed by atoms with Gasteiger partial charge in [0.25, 0.3) is 0 Å². The Balaban J connectivity index is 1.51. The predicted octanol–water partition coefficient (Wildman–Crippen LogP) is 3.99. The van der Waals surface area contributed by atoms with Crippen LogP contribution in [0.1, 0.15) is 58.3 Å². The lowest BCUT2D eigenvalue weighted by atomic mass is 9.49. The fourth-order valence-corrected chi connectivity index (χ4v) is 7.53. The molecule has 0 radical (unpaired) electrons. The molecule has 22 heavy (non-hydrogen) atoms. The summed E-state index contributed by atoms with van der Waals surface area (Å²) in [4.78, 5) is 16.7. The zero-order valence-electron chi connectivity index (χ0n) is 13.4. The normalized spacial score (nSPS) is 55.6. The Kier molecular flexibility index (Phi) is 2.65. The summed E-state index contributed by atoms with van der Waals surface area (Å²) in [6.45, 7) is 2.38. The van der Waals surface area contributed by atoms with Gasteiger partial charge in [0.1, 0.15) is 0 Å². The molecule has 0 aromatic rings. The fourth-order valence-electron chi connectivity index (χ4n) is 7.53. The van der Waals surface area contributed by atoms with Crippen LogP contribution in [-0.2, 0) is 9.68 Å². The van der Waals surface area contributed by atoms with Crippen LogP contribution in [0.3, 0.4) is 0 Å². The van der Waals surface area contributed by atoms with Gasteiger partial charge in [0.2, 0.25) is 0 Å². The van der Waals surface area contributed by atoms with Crippen LogP contribution in [0.5, 0.6) is 0 Å². The Morgan fingerprint density at radius 2 is 2.14 bits per heavy atom. The first-order valence-electron chi connectivity index (χ1n) is 9.13. The highest BCUT2D eigenvalue weighted by molar-refractivity contribution is 5.91. The van der Waals surface area contributed by atoms with Crippen molar-refractivity contribution in [2.24, 2.45) is 34.5 Å². The van der Waals surface area contributed by atoms with E-state index in [4.69, 9.17) is 4.89 Å². The molecule has 120 valence electrons. The van der Waals surface area contributed by atoms with E-state index < -0.39 is 0 Å². The van der Waals surface area contributed by atoms with Gasteiger partial charge in [-0.25, -0.2) is 4.89 Å². The molecule has 0 aromatic carbocycles. The van der Waals surface area contributed by atoms with Gasteiger partial charge in [-0.3, -0.25) is 10.1 Å². The summed E-state index contributed by atoms with van der Waals surface area (Å²) in [7, 11) is 0. The molecule has 3 nitrogen and oxygen atoms in total. The summed E-state index contributed by atoms with van der Waals surface area (Å²) in [5.41, 5.74) is 2.08. The standard InChI is InChI=1S/C19H26O3/c1-18-7-6-15-14-4-3-13(20)8-11(14)2-5-16(15)19(18)10-12(19)9-17(18)22-21/h8,12,14-17,21H,2-7,9-10H2,1H3/t12?,14?,15?,16-,17?,18?,19?/m1/s1. The quantitative estimate of drug-likeness (QED) is 0.588. The summed E-state index contributed by atoms with van der Waals surface area (Å²) in [5.74, 6) is 3.38. The van der Waals surface area contributed by atoms with E-state index in [1.807, 2.05) is 6.08 Å². The second kappa shape index (κ2) is 4.24. The summed E-state index contributed by atoms with van der Waals surface area (Å²) in [6.07, 6.45) is 11.1. The van der Waals surface area contributed by atoms with Crippen LogP contribution in [-0.4, -0.2) is 17.1 Å². The molecule has 0 aliphatic heterocycles. The van der Waals surface area contributed by atoms with Crippen LogP contribution in [0.2, 0.25) is 0 Å². The molecular formula is C19H26O3. The highest BCUT2D eigenvalue weighted by Crippen LogP contribution is 2.81. The molecule has 0 saturated heterocycles. The second-order valence-corrected chi connectivity index (χ2v) is 8.87. The van der Waals surface area contributed by atoms with Crippen molar-refractivity contribution in [3.8, 4) is 0 Å². The number of hydrogen-bond acceptors (Lipinski definition) is 3. The zero-order chi connectivity index (χ0) is 15.1. The van der Waals surface area contributed by atoms with Crippen LogP contribution in [0.25, 0.3) is 0 Å². The molecule has 0 aromatic heterocycles. The van der Waals surface area contributed by atoms with E-state index in [1.165, 1.54) is 31.3 Å². The Hall–Kier alpha value is -0.670. The molecule has 1 N–H and O–H groups in total. The molecule has 7 atom stereocenters. The van der Waals surface area contributed by atoms with Crippen LogP contribution in [0, 0.1) is 34.5 Å². The molecule has 3 heteroatoms. The van der Waals surface area contributed by atoms with Gasteiger partial charge in [-0.1, -0.05) is 12.5 Å². The summed E-state index contributed by atoms with van der Waals surface area (Å²) in [6, 6.07) is 0. The van der Waals surface area contributed by atoms with E-state index in [9.17, 15) is 10.1 Å². The van der Waals surface area contributed by atoms with Crippen molar-refractivity contribution in [2.75, 3.05) is 0 Å². The minimum absolute atomic E-state index is 0.0528. The summed E-state index contributed by atoms with van der Waals surface area (Å²) in [5, 5.41) is 9.37. The highest BCUT2D eigenvalue weighted by Gasteiger charge is 2.77. The average Bonchev–Trinajstić information content (AvgIpc) is 3.17. The van der Waals surface area contributed by atoms with Crippen molar-refractivity contribution in [2.45, 2.75) is 64.4 Å². The minimum Gasteiger partial charge on any atom is -0.295 e. The number of ketones is 1. The Labute approximate surface area is 132 Å². The van der Waals surface area contributed by atoms with Crippen molar-refractivity contribution in [3.63, 3.8) is 0 Å². The molecule has 4 fully saturated rings. The molecule has 5 aliphatic carbocycles. The van der Waals surface area contributed by atoms with E-state index >= 15 is 0 Å². The van der Waals surface area contributed by atoms with Crippen LogP contribution < -0.4 is 0 Å². The molecule has 6 unspecified atom stereocenters. The number of allylic oxidation sites excluding steroid dienone is 1. The van der Waals surface area contributed by atoms with Gasteiger partial charge in [-0.05, 0) is 80.1 Å². The Morgan fingerprint density at radius 3 is 2.95 bits per heavy atom. The molecule has 1 spiro atoms. The molecule has 0 bridgehead atoms. The first-order chi connectivity index (χ1) is 10.6. The molecule has 5 rings (SSSR count). The topological polar surface area (TPSA) is 46.5 Å². The number of hydrogen-bond donors (Lipinski definition) is 1. The Bertz CT molecular complexity index is 567. The first-order valence-corrected chi connectivity index (χ1v) is 9.13. The average molecular weight is 302 g/mol. The third-order valence-corrected chi connectivity index (χ3v) is 8.51. The van der Waals surface area contributed by atoms with E-state index in [0.717, 1.165) is 43.4 Å². The van der Waals surface area contributed by atoms with E-state index in [1.54, 1.807) is 0 Å². The monoisotopic (exact) mass is 302 g/mol. The van der Waals surface area contributed by atoms with E-state index in [2.05, 4.69) is 6.92 Å². The smallest absolute Gasteiger partial charge is 0.155 e. The van der Waals surface area contributed by atoms with Crippen LogP contribution >= 0.6 is 0 Å². The molecule has 0 amide bonds. The second-order valence-electron chi connectivity index (χ2n) is 8.87. The lowest BCUT2D eigenvalue weighted by Gasteiger charge is -2.55. The number of fused-ring (bicyclic) bond motifs is 3. The van der Waals surface area contributed by atoms with Gasteiger partial charge in [0.15, 0.2) is 5.78 Å². The lowest BCUT2D eigenvalue weighted by Crippen LogP contribution is -2.51. The third-order valence-electron chi connectivity index (χ3n) is 8.51. The van der Waals surface area contributed by atoms with Gasteiger partial charge in [0.05, 0.1) is 6.10 Å². The fraction of sp³-hybridized carbons (Fsp3) is 0.842. The molecule has 5 aliphatic rings. The summed E-state index contributed by atoms with van der Waals surface area (Å²) < 4.78 is 0. The van der Waals surface area contributed by atoms with Gasteiger partial charge in [-0.2, -0.15) is 0 Å². The van der Waals surface area contributed by atoms with Crippen molar-refractivity contribution >= 4 is 5.78 Å². The Morgan fingerprint density at radius 1 is 1.27 bits per heavy atom. The van der Waals surface area contributed by atoms with Crippen molar-refractivity contribution < 1.29 is 14.9 Å². The van der Waals surface area contributed by atoms with E-state index in [-0.39, 0.29) is 11.5 Å². The highest BCUT2D eigenvalue weighted by atomic mass is 17.1. The largest absolute Gasteiger partial charge is 0.295 e. The van der Waals surface area contributed by atoms with Crippen LogP contribution in [0.4, 0.5) is 0 Å². The van der Waals surface area contributed by atoms with Crippen molar-refractivity contribution in [1.29, 1.82) is 0 Å². The lowest BCUT2D eigenvalue weighted by molar-refractivity contribution is -0.309. The van der Waals surface area contributed by atoms with Crippen LogP contribution in [0.15, 0.2) is 11.6 Å². The zero-order valence-corrected chi connectivity index (χ0v) is 13.4. The number of carbonyl (C=O) groups excluding carboxylic acids is 1. The number of carbonyl (C=O) groups is 1. The maximum atomic E-state index is 11.7. The maximum Gasteiger partial charge on any atom is 0.155 e. The predicted molar refractivity (Wildman–Crippen MR) is 82.0 cm³/mol. The molecule has 4 saturated carbocycles. The van der Waals surface area contributed by atoms with Gasteiger partial charge >= 0.3 is 0 Å². The van der Waals surface area contributed by atoms with Crippen molar-refractivity contribution in [1.82, 2.24) is 0 Å². The first kappa shape index (κ1) is 13.7.